The minimum absolute atomic E-state index is 0. The molecule has 0 N–H and O–H groups in total. The van der Waals surface area contributed by atoms with Gasteiger partial charge in [-0.2, -0.15) is 0 Å². The molecule has 0 amide bonds. The summed E-state index contributed by atoms with van der Waals surface area (Å²) in [6, 6.07) is 0. The van der Waals surface area contributed by atoms with Crippen molar-refractivity contribution in [1.82, 2.24) is 0 Å². The van der Waals surface area contributed by atoms with Crippen LogP contribution in [0.4, 0.5) is 0 Å². The molecule has 0 rings (SSSR count). The van der Waals surface area contributed by atoms with Crippen LogP contribution >= 0.6 is 0 Å². The molecular weight excluding hydrogens is 329 g/mol. The second-order valence-corrected chi connectivity index (χ2v) is 1.22. The molecule has 0 aromatic rings. The maximum atomic E-state index is 8.52. The third kappa shape index (κ3) is 99.2. The Morgan fingerprint density at radius 1 is 1.14 bits per heavy atom. The Bertz CT molecular complexity index is 94.9. The first-order chi connectivity index (χ1) is 2.00. The van der Waals surface area contributed by atoms with Gasteiger partial charge >= 0.3 is 49.3 Å². The Kier molecular flexibility index (Phi) is 12.8. The van der Waals surface area contributed by atoms with E-state index in [1.165, 1.54) is 0 Å². The van der Waals surface area contributed by atoms with Crippen molar-refractivity contribution in [3.63, 3.8) is 0 Å². The van der Waals surface area contributed by atoms with Gasteiger partial charge in [0.25, 0.3) is 0 Å². The van der Waals surface area contributed by atoms with Gasteiger partial charge in [-0.3, -0.25) is 8.42 Å². The van der Waals surface area contributed by atoms with Gasteiger partial charge < -0.3 is 9.11 Å². The van der Waals surface area contributed by atoms with Gasteiger partial charge in [0.2, 0.25) is 0 Å². The summed E-state index contributed by atoms with van der Waals surface area (Å²) in [6.07, 6.45) is 0. The quantitative estimate of drug-likeness (QED) is 0.290. The van der Waals surface area contributed by atoms with E-state index >= 15 is 0 Å². The summed E-state index contributed by atoms with van der Waals surface area (Å²) in [4.78, 5) is 0. The molecule has 0 heterocycles. The average Bonchev–Trinajstić information content (AvgIpc) is 0.722. The van der Waals surface area contributed by atoms with Crippen molar-refractivity contribution in [2.75, 3.05) is 0 Å². The van der Waals surface area contributed by atoms with Crippen molar-refractivity contribution < 1.29 is 17.5 Å². The van der Waals surface area contributed by atoms with Crippen LogP contribution in [0.1, 0.15) is 0 Å². The molecule has 7 heavy (non-hydrogen) atoms. The fraction of sp³-hybridized carbons (Fsp3) is 0. The van der Waals surface area contributed by atoms with E-state index in [1.807, 2.05) is 0 Å². The van der Waals surface area contributed by atoms with E-state index in [9.17, 15) is 0 Å². The monoisotopic (exact) mass is 329 g/mol. The Morgan fingerprint density at radius 2 is 1.14 bits per heavy atom. The molecule has 2 radical (unpaired) electrons. The second kappa shape index (κ2) is 5.65. The first-order valence-electron chi connectivity index (χ1n) is 0.667. The van der Waals surface area contributed by atoms with Crippen molar-refractivity contribution >= 4 is 59.7 Å². The van der Waals surface area contributed by atoms with Crippen molar-refractivity contribution in [1.29, 1.82) is 0 Å². The third-order valence-corrected chi connectivity index (χ3v) is 0. The van der Waals surface area contributed by atoms with Gasteiger partial charge in [-0.1, -0.05) is 0 Å². The summed E-state index contributed by atoms with van der Waals surface area (Å²) in [7, 11) is -5.17. The molecule has 0 aliphatic rings. The SMILES string of the molecule is O=S(=O)([O-])[O-].[Bi+3].[Mg+2]. The van der Waals surface area contributed by atoms with Crippen LogP contribution in [0.2, 0.25) is 0 Å². The number of rotatable bonds is 0. The minimum Gasteiger partial charge on any atom is -0.759 e. The zero-order valence-electron chi connectivity index (χ0n) is 3.20. The van der Waals surface area contributed by atoms with E-state index in [2.05, 4.69) is 0 Å². The first kappa shape index (κ1) is 15.8. The van der Waals surface area contributed by atoms with Gasteiger partial charge in [0, 0.05) is 10.4 Å². The molecule has 0 bridgehead atoms. The van der Waals surface area contributed by atoms with Crippen LogP contribution in [-0.4, -0.2) is 66.8 Å². The van der Waals surface area contributed by atoms with Crippen LogP contribution in [0.3, 0.4) is 0 Å². The summed E-state index contributed by atoms with van der Waals surface area (Å²) < 4.78 is 34.1. The number of hydrogen-bond donors (Lipinski definition) is 0. The molecule has 0 saturated heterocycles. The van der Waals surface area contributed by atoms with Gasteiger partial charge in [0.05, 0.1) is 0 Å². The Labute approximate surface area is 76.5 Å². The molecule has 0 atom stereocenters. The Balaban J connectivity index is -0.0000000800. The maximum absolute atomic E-state index is 8.52. The van der Waals surface area contributed by atoms with E-state index in [4.69, 9.17) is 17.5 Å². The predicted octanol–water partition coefficient (Wildman–Crippen LogP) is -2.10. The normalized spacial score (nSPS) is 8.29. The van der Waals surface area contributed by atoms with E-state index < -0.39 is 10.4 Å². The zero-order valence-corrected chi connectivity index (χ0v) is 8.90. The molecule has 0 aromatic heterocycles. The molecule has 0 unspecified atom stereocenters. The van der Waals surface area contributed by atoms with Crippen molar-refractivity contribution in [2.45, 2.75) is 0 Å². The van der Waals surface area contributed by atoms with Gasteiger partial charge in [0.1, 0.15) is 0 Å². The summed E-state index contributed by atoms with van der Waals surface area (Å²) in [5.41, 5.74) is 0. The number of hydrogen-bond acceptors (Lipinski definition) is 4. The summed E-state index contributed by atoms with van der Waals surface area (Å²) in [6.45, 7) is 0. The molecule has 0 saturated carbocycles. The van der Waals surface area contributed by atoms with Gasteiger partial charge in [-0.25, -0.2) is 0 Å². The zero-order chi connectivity index (χ0) is 4.50. The smallest absolute Gasteiger partial charge is 0.759 e. The fourth-order valence-electron chi connectivity index (χ4n) is 0. The van der Waals surface area contributed by atoms with Crippen LogP contribution in [0.5, 0.6) is 0 Å². The predicted molar refractivity (Wildman–Crippen MR) is 22.0 cm³/mol. The Morgan fingerprint density at radius 3 is 1.14 bits per heavy atom. The standard InChI is InChI=1S/Bi.Mg.H2O4S/c;;1-5(2,3)4/h;;(H2,1,2,3,4)/q+3;+2;/p-2. The molecule has 0 aromatic carbocycles. The van der Waals surface area contributed by atoms with E-state index in [0.717, 1.165) is 0 Å². The topological polar surface area (TPSA) is 80.3 Å². The van der Waals surface area contributed by atoms with Crippen LogP contribution in [0, 0.1) is 0 Å². The molecule has 34 valence electrons. The van der Waals surface area contributed by atoms with Gasteiger partial charge in [0.15, 0.2) is 0 Å². The molecule has 0 aliphatic heterocycles. The fourth-order valence-corrected chi connectivity index (χ4v) is 0. The molecule has 0 fully saturated rings. The average molecular weight is 329 g/mol. The van der Waals surface area contributed by atoms with Crippen molar-refractivity contribution in [3.05, 3.63) is 0 Å². The third-order valence-electron chi connectivity index (χ3n) is 0. The summed E-state index contributed by atoms with van der Waals surface area (Å²) in [5, 5.41) is 0. The molecule has 0 aliphatic carbocycles. The second-order valence-electron chi connectivity index (χ2n) is 0.408. The largest absolute Gasteiger partial charge is 3.00 e. The van der Waals surface area contributed by atoms with Crippen molar-refractivity contribution in [3.8, 4) is 0 Å². The van der Waals surface area contributed by atoms with Crippen LogP contribution < -0.4 is 0 Å². The van der Waals surface area contributed by atoms with Crippen LogP contribution in [0.25, 0.3) is 0 Å². The molecule has 0 spiro atoms. The van der Waals surface area contributed by atoms with Crippen molar-refractivity contribution in [2.24, 2.45) is 0 Å². The van der Waals surface area contributed by atoms with Crippen LogP contribution in [0.15, 0.2) is 0 Å². The van der Waals surface area contributed by atoms with Crippen LogP contribution in [-0.2, 0) is 10.4 Å². The molecule has 4 nitrogen and oxygen atoms in total. The maximum Gasteiger partial charge on any atom is 3.00 e. The van der Waals surface area contributed by atoms with E-state index in [-0.39, 0.29) is 49.3 Å². The van der Waals surface area contributed by atoms with E-state index in [0.29, 0.717) is 0 Å². The molecule has 7 heteroatoms. The Hall–Kier alpha value is 1.52. The minimum atomic E-state index is -5.17. The van der Waals surface area contributed by atoms with Gasteiger partial charge in [-0.05, 0) is 0 Å². The first-order valence-corrected chi connectivity index (χ1v) is 2.00. The molecular formula is BiMgO4S+3. The summed E-state index contributed by atoms with van der Waals surface area (Å²) >= 11 is 0. The van der Waals surface area contributed by atoms with E-state index in [1.54, 1.807) is 0 Å². The summed E-state index contributed by atoms with van der Waals surface area (Å²) in [5.74, 6) is 0. The van der Waals surface area contributed by atoms with Gasteiger partial charge in [-0.15, -0.1) is 0 Å².